The molecule has 4 nitrogen and oxygen atoms in total. The van der Waals surface area contributed by atoms with Gasteiger partial charge < -0.3 is 5.32 Å². The van der Waals surface area contributed by atoms with E-state index in [-0.39, 0.29) is 24.2 Å². The van der Waals surface area contributed by atoms with Crippen LogP contribution in [0.2, 0.25) is 0 Å². The van der Waals surface area contributed by atoms with Gasteiger partial charge in [0.25, 0.3) is 0 Å². The summed E-state index contributed by atoms with van der Waals surface area (Å²) in [6.45, 7) is 3.51. The van der Waals surface area contributed by atoms with Crippen LogP contribution in [-0.4, -0.2) is 43.6 Å². The van der Waals surface area contributed by atoms with Crippen LogP contribution in [0.25, 0.3) is 0 Å². The van der Waals surface area contributed by atoms with Crippen molar-refractivity contribution >= 4 is 22.4 Å². The largest absolute Gasteiger partial charge is 0.315 e. The van der Waals surface area contributed by atoms with Crippen LogP contribution in [0.4, 0.5) is 0 Å². The van der Waals surface area contributed by atoms with E-state index >= 15 is 0 Å². The van der Waals surface area contributed by atoms with E-state index in [9.17, 15) is 8.42 Å². The summed E-state index contributed by atoms with van der Waals surface area (Å²) in [7, 11) is -2.99. The number of halogens is 1. The van der Waals surface area contributed by atoms with Gasteiger partial charge >= 0.3 is 0 Å². The summed E-state index contributed by atoms with van der Waals surface area (Å²) in [5.74, 6) is 0.236. The molecule has 2 fully saturated rings. The molecule has 0 aromatic carbocycles. The van der Waals surface area contributed by atoms with E-state index in [2.05, 4.69) is 5.32 Å². The van der Waals surface area contributed by atoms with Gasteiger partial charge in [0.15, 0.2) is 0 Å². The molecule has 1 aliphatic carbocycles. The molecule has 0 amide bonds. The molecule has 1 N–H and O–H groups in total. The van der Waals surface area contributed by atoms with Gasteiger partial charge in [-0.15, -0.1) is 12.4 Å². The molecule has 1 unspecified atom stereocenters. The molecule has 15 heavy (non-hydrogen) atoms. The van der Waals surface area contributed by atoms with Crippen molar-refractivity contribution in [1.29, 1.82) is 0 Å². The first-order chi connectivity index (χ1) is 6.65. The number of nitrogens with one attached hydrogen (secondary N) is 1. The topological polar surface area (TPSA) is 49.4 Å². The van der Waals surface area contributed by atoms with Crippen molar-refractivity contribution < 1.29 is 8.42 Å². The Hall–Kier alpha value is 0.160. The fourth-order valence-electron chi connectivity index (χ4n) is 2.09. The van der Waals surface area contributed by atoms with Gasteiger partial charge in [0.05, 0.1) is 5.75 Å². The lowest BCUT2D eigenvalue weighted by molar-refractivity contribution is 0.327. The number of rotatable bonds is 4. The van der Waals surface area contributed by atoms with Gasteiger partial charge in [-0.1, -0.05) is 0 Å². The summed E-state index contributed by atoms with van der Waals surface area (Å²) >= 11 is 0. The van der Waals surface area contributed by atoms with Crippen molar-refractivity contribution in [3.8, 4) is 0 Å². The number of hydrogen-bond acceptors (Lipinski definition) is 3. The zero-order valence-electron chi connectivity index (χ0n) is 8.98. The monoisotopic (exact) mass is 254 g/mol. The van der Waals surface area contributed by atoms with Gasteiger partial charge in [-0.25, -0.2) is 8.42 Å². The molecule has 1 aliphatic heterocycles. The molecular weight excluding hydrogens is 236 g/mol. The van der Waals surface area contributed by atoms with E-state index in [1.807, 2.05) is 0 Å². The minimum Gasteiger partial charge on any atom is -0.315 e. The van der Waals surface area contributed by atoms with Crippen molar-refractivity contribution in [2.45, 2.75) is 38.3 Å². The first kappa shape index (κ1) is 13.2. The van der Waals surface area contributed by atoms with Crippen molar-refractivity contribution in [1.82, 2.24) is 9.62 Å². The molecule has 0 aromatic heterocycles. The Labute approximate surface area is 97.9 Å². The van der Waals surface area contributed by atoms with E-state index in [1.54, 1.807) is 11.2 Å². The Morgan fingerprint density at radius 1 is 1.27 bits per heavy atom. The maximum atomic E-state index is 11.9. The van der Waals surface area contributed by atoms with Crippen LogP contribution in [-0.2, 0) is 10.0 Å². The standard InChI is InChI=1S/C9H18N2O2S.ClH/c1-2-14(12,13)11(8-3-4-8)9-5-6-10-7-9;/h8-10H,2-7H2,1H3;1H. The summed E-state index contributed by atoms with van der Waals surface area (Å²) in [6.07, 6.45) is 3.07. The molecule has 2 aliphatic rings. The fraction of sp³-hybridized carbons (Fsp3) is 1.00. The number of nitrogens with zero attached hydrogens (tertiary/aromatic N) is 1. The summed E-state index contributed by atoms with van der Waals surface area (Å²) in [5.41, 5.74) is 0. The fourth-order valence-corrected chi connectivity index (χ4v) is 3.68. The molecule has 6 heteroatoms. The summed E-state index contributed by atoms with van der Waals surface area (Å²) in [6, 6.07) is 0.525. The van der Waals surface area contributed by atoms with E-state index in [1.165, 1.54) is 0 Å². The van der Waals surface area contributed by atoms with Gasteiger partial charge in [-0.3, -0.25) is 0 Å². The van der Waals surface area contributed by atoms with Crippen LogP contribution in [0, 0.1) is 0 Å². The third-order valence-corrected chi connectivity index (χ3v) is 4.96. The van der Waals surface area contributed by atoms with E-state index in [4.69, 9.17) is 0 Å². The molecule has 2 rings (SSSR count). The Bertz CT molecular complexity index is 297. The Balaban J connectivity index is 0.00000112. The molecule has 0 aromatic rings. The molecule has 1 heterocycles. The van der Waals surface area contributed by atoms with Crippen LogP contribution in [0.5, 0.6) is 0 Å². The molecule has 0 bridgehead atoms. The van der Waals surface area contributed by atoms with Gasteiger partial charge in [-0.05, 0) is 32.7 Å². The zero-order valence-corrected chi connectivity index (χ0v) is 10.6. The highest BCUT2D eigenvalue weighted by Gasteiger charge is 2.41. The Kier molecular flexibility index (Phi) is 4.40. The van der Waals surface area contributed by atoms with Crippen molar-refractivity contribution in [2.75, 3.05) is 18.8 Å². The average Bonchev–Trinajstić information content (AvgIpc) is 2.81. The van der Waals surface area contributed by atoms with Crippen LogP contribution < -0.4 is 5.32 Å². The van der Waals surface area contributed by atoms with Gasteiger partial charge in [0.1, 0.15) is 0 Å². The highest BCUT2D eigenvalue weighted by Crippen LogP contribution is 2.32. The van der Waals surface area contributed by atoms with Crippen molar-refractivity contribution in [3.63, 3.8) is 0 Å². The second kappa shape index (κ2) is 4.99. The summed E-state index contributed by atoms with van der Waals surface area (Å²) in [5, 5.41) is 3.23. The maximum Gasteiger partial charge on any atom is 0.214 e. The molecule has 0 radical (unpaired) electrons. The van der Waals surface area contributed by atoms with Crippen LogP contribution in [0.3, 0.4) is 0 Å². The van der Waals surface area contributed by atoms with Crippen LogP contribution >= 0.6 is 12.4 Å². The van der Waals surface area contributed by atoms with Gasteiger partial charge in [0, 0.05) is 18.6 Å². The summed E-state index contributed by atoms with van der Waals surface area (Å²) in [4.78, 5) is 0. The summed E-state index contributed by atoms with van der Waals surface area (Å²) < 4.78 is 25.5. The SMILES string of the molecule is CCS(=O)(=O)N(C1CC1)C1CCNC1.Cl. The highest BCUT2D eigenvalue weighted by molar-refractivity contribution is 7.89. The minimum atomic E-state index is -2.99. The predicted octanol–water partition coefficient (Wildman–Crippen LogP) is 0.584. The smallest absolute Gasteiger partial charge is 0.214 e. The molecule has 1 saturated carbocycles. The third-order valence-electron chi connectivity index (χ3n) is 2.99. The first-order valence-corrected chi connectivity index (χ1v) is 6.98. The van der Waals surface area contributed by atoms with E-state index < -0.39 is 10.0 Å². The van der Waals surface area contributed by atoms with Crippen LogP contribution in [0.1, 0.15) is 26.2 Å². The highest BCUT2D eigenvalue weighted by atomic mass is 35.5. The minimum absolute atomic E-state index is 0. The normalized spacial score (nSPS) is 26.7. The second-order valence-electron chi connectivity index (χ2n) is 4.11. The lowest BCUT2D eigenvalue weighted by Gasteiger charge is -2.26. The van der Waals surface area contributed by atoms with Crippen molar-refractivity contribution in [3.05, 3.63) is 0 Å². The first-order valence-electron chi connectivity index (χ1n) is 5.37. The Morgan fingerprint density at radius 2 is 1.93 bits per heavy atom. The van der Waals surface area contributed by atoms with Gasteiger partial charge in [-0.2, -0.15) is 4.31 Å². The van der Waals surface area contributed by atoms with Gasteiger partial charge in [0.2, 0.25) is 10.0 Å². The predicted molar refractivity (Wildman–Crippen MR) is 62.8 cm³/mol. The third kappa shape index (κ3) is 2.84. The molecule has 1 atom stereocenters. The average molecular weight is 255 g/mol. The molecule has 0 spiro atoms. The Morgan fingerprint density at radius 3 is 2.33 bits per heavy atom. The maximum absolute atomic E-state index is 11.9. The van der Waals surface area contributed by atoms with Crippen LogP contribution in [0.15, 0.2) is 0 Å². The van der Waals surface area contributed by atoms with Crippen molar-refractivity contribution in [2.24, 2.45) is 0 Å². The lowest BCUT2D eigenvalue weighted by atomic mass is 10.2. The molecule has 1 saturated heterocycles. The number of sulfonamides is 1. The number of hydrogen-bond donors (Lipinski definition) is 1. The second-order valence-corrected chi connectivity index (χ2v) is 6.27. The zero-order chi connectivity index (χ0) is 10.2. The quantitative estimate of drug-likeness (QED) is 0.799. The van der Waals surface area contributed by atoms with E-state index in [0.717, 1.165) is 32.4 Å². The lowest BCUT2D eigenvalue weighted by Crippen LogP contribution is -2.43. The molecular formula is C9H19ClN2O2S. The molecule has 90 valence electrons. The van der Waals surface area contributed by atoms with E-state index in [0.29, 0.717) is 6.04 Å².